The standard InChI is InChI=1S/C22H38N2O19S/c1-6(27)23-11-16(32)13(29)10(5-38-44(35,36)37)41-21(11)43-19-15(31)9(4-26)40-22(17(19)33)42-18-12(24-7(2)28)20(34)39-8(3-25)14(18)30/h8-22,25-26,29-34H,3-5H2,1-2H3,(H,23,27)(H,24,28)(H,35,36,37)/t8-,9-,10-,11-,12-,13-,14+,15+,16-,17-,18-,19+,20+,21+,22+/m1/s1. The number of ether oxygens (including phenoxy) is 5. The van der Waals surface area contributed by atoms with Crippen molar-refractivity contribution in [3.63, 3.8) is 0 Å². The van der Waals surface area contributed by atoms with Crippen LogP contribution in [0.25, 0.3) is 0 Å². The van der Waals surface area contributed by atoms with Gasteiger partial charge in [-0.1, -0.05) is 0 Å². The summed E-state index contributed by atoms with van der Waals surface area (Å²) in [6.07, 6.45) is -23.3. The molecule has 3 rings (SSSR count). The van der Waals surface area contributed by atoms with Crippen LogP contribution in [0.2, 0.25) is 0 Å². The summed E-state index contributed by atoms with van der Waals surface area (Å²) < 4.78 is 62.6. The molecule has 3 aliphatic heterocycles. The molecule has 3 saturated heterocycles. The van der Waals surface area contributed by atoms with Gasteiger partial charge in [0.25, 0.3) is 0 Å². The molecule has 0 aliphatic carbocycles. The SMILES string of the molecule is CC(=O)N[C@@H]1[C@@H](O[C@@H]2O[C@H](CO)[C@H](O)[C@H](O[C@@H]3O[C@H](COS(=O)(=O)O)[C@@H](O)[C@H](O)[C@H]3NC(C)=O)[C@H]2O)[C@@H](O)[C@@H](CO)O[C@@H]1O. The summed E-state index contributed by atoms with van der Waals surface area (Å²) in [5.74, 6) is -1.45. The molecule has 44 heavy (non-hydrogen) atoms. The Morgan fingerprint density at radius 2 is 1.18 bits per heavy atom. The van der Waals surface area contributed by atoms with Crippen molar-refractivity contribution in [3.05, 3.63) is 0 Å². The largest absolute Gasteiger partial charge is 0.397 e. The van der Waals surface area contributed by atoms with E-state index >= 15 is 0 Å². The highest BCUT2D eigenvalue weighted by Gasteiger charge is 2.54. The first kappa shape index (κ1) is 36.8. The molecule has 256 valence electrons. The minimum Gasteiger partial charge on any atom is -0.394 e. The number of hydrogen-bond acceptors (Lipinski definition) is 18. The molecule has 0 spiro atoms. The fourth-order valence-corrected chi connectivity index (χ4v) is 5.30. The van der Waals surface area contributed by atoms with Gasteiger partial charge in [-0.25, -0.2) is 4.18 Å². The second kappa shape index (κ2) is 15.3. The van der Waals surface area contributed by atoms with Crippen LogP contribution >= 0.6 is 0 Å². The summed E-state index contributed by atoms with van der Waals surface area (Å²) in [7, 11) is -5.03. The smallest absolute Gasteiger partial charge is 0.394 e. The maximum absolute atomic E-state index is 11.8. The number of hydrogen-bond donors (Lipinski definition) is 11. The third-order valence-corrected chi connectivity index (χ3v) is 7.53. The van der Waals surface area contributed by atoms with Crippen LogP contribution in [0, 0.1) is 0 Å². The van der Waals surface area contributed by atoms with E-state index in [0.29, 0.717) is 0 Å². The van der Waals surface area contributed by atoms with E-state index in [2.05, 4.69) is 14.8 Å². The Morgan fingerprint density at radius 1 is 0.682 bits per heavy atom. The van der Waals surface area contributed by atoms with Gasteiger partial charge >= 0.3 is 10.4 Å². The van der Waals surface area contributed by atoms with Gasteiger partial charge in [0, 0.05) is 13.8 Å². The predicted octanol–water partition coefficient (Wildman–Crippen LogP) is -7.46. The van der Waals surface area contributed by atoms with Crippen molar-refractivity contribution >= 4 is 22.2 Å². The van der Waals surface area contributed by atoms with Crippen LogP contribution in [-0.4, -0.2) is 177 Å². The lowest BCUT2D eigenvalue weighted by atomic mass is 9.94. The average molecular weight is 667 g/mol. The molecule has 0 aromatic carbocycles. The molecule has 3 fully saturated rings. The van der Waals surface area contributed by atoms with Crippen molar-refractivity contribution in [2.75, 3.05) is 19.8 Å². The van der Waals surface area contributed by atoms with Crippen molar-refractivity contribution in [1.29, 1.82) is 0 Å². The molecule has 15 atom stereocenters. The normalized spacial score (nSPS) is 43.3. The Bertz CT molecular complexity index is 1080. The Morgan fingerprint density at radius 3 is 1.73 bits per heavy atom. The summed E-state index contributed by atoms with van der Waals surface area (Å²) in [4.78, 5) is 23.6. The van der Waals surface area contributed by atoms with E-state index in [0.717, 1.165) is 13.8 Å². The summed E-state index contributed by atoms with van der Waals surface area (Å²) in [6, 6.07) is -3.09. The molecule has 0 bridgehead atoms. The molecule has 0 aromatic rings. The minimum atomic E-state index is -5.03. The van der Waals surface area contributed by atoms with Crippen LogP contribution in [0.5, 0.6) is 0 Å². The minimum absolute atomic E-state index is 0.692. The summed E-state index contributed by atoms with van der Waals surface area (Å²) in [6.45, 7) is -0.644. The quantitative estimate of drug-likeness (QED) is 0.0912. The van der Waals surface area contributed by atoms with E-state index in [1.165, 1.54) is 0 Å². The summed E-state index contributed by atoms with van der Waals surface area (Å²) in [5, 5.41) is 88.1. The van der Waals surface area contributed by atoms with Crippen LogP contribution in [0.1, 0.15) is 13.8 Å². The second-order valence-corrected chi connectivity index (χ2v) is 11.4. The number of nitrogens with one attached hydrogen (secondary N) is 2. The summed E-state index contributed by atoms with van der Waals surface area (Å²) in [5.41, 5.74) is 0. The van der Waals surface area contributed by atoms with Crippen LogP contribution in [-0.2, 0) is 47.9 Å². The Hall–Kier alpha value is -1.71. The van der Waals surface area contributed by atoms with E-state index in [-0.39, 0.29) is 0 Å². The number of rotatable bonds is 11. The average Bonchev–Trinajstić information content (AvgIpc) is 2.93. The number of amides is 2. The van der Waals surface area contributed by atoms with Gasteiger partial charge in [-0.3, -0.25) is 14.1 Å². The van der Waals surface area contributed by atoms with Crippen molar-refractivity contribution < 1.29 is 91.3 Å². The molecule has 22 heteroatoms. The lowest BCUT2D eigenvalue weighted by Gasteiger charge is -2.49. The molecule has 21 nitrogen and oxygen atoms in total. The fraction of sp³-hybridized carbons (Fsp3) is 0.909. The maximum Gasteiger partial charge on any atom is 0.397 e. The number of carbonyl (C=O) groups is 2. The molecular formula is C22H38N2O19S. The number of aliphatic hydroxyl groups excluding tert-OH is 8. The van der Waals surface area contributed by atoms with Crippen LogP contribution in [0.15, 0.2) is 0 Å². The molecule has 0 unspecified atom stereocenters. The van der Waals surface area contributed by atoms with Crippen molar-refractivity contribution in [2.45, 2.75) is 106 Å². The van der Waals surface area contributed by atoms with E-state index in [1.54, 1.807) is 0 Å². The third kappa shape index (κ3) is 8.75. The first-order valence-electron chi connectivity index (χ1n) is 13.2. The highest BCUT2D eigenvalue weighted by atomic mass is 32.3. The van der Waals surface area contributed by atoms with Gasteiger partial charge < -0.3 is 75.2 Å². The van der Waals surface area contributed by atoms with E-state index < -0.39 is 134 Å². The Kier molecular flexibility index (Phi) is 12.7. The number of aliphatic hydroxyl groups is 8. The fourth-order valence-electron chi connectivity index (χ4n) is 5.00. The van der Waals surface area contributed by atoms with Gasteiger partial charge in [-0.05, 0) is 0 Å². The van der Waals surface area contributed by atoms with Gasteiger partial charge in [0.05, 0.1) is 19.8 Å². The van der Waals surface area contributed by atoms with Crippen molar-refractivity contribution in [2.24, 2.45) is 0 Å². The van der Waals surface area contributed by atoms with Crippen LogP contribution in [0.3, 0.4) is 0 Å². The zero-order valence-electron chi connectivity index (χ0n) is 23.3. The maximum atomic E-state index is 11.8. The topological polar surface area (TPSA) is 330 Å². The third-order valence-electron chi connectivity index (χ3n) is 7.10. The van der Waals surface area contributed by atoms with E-state index in [9.17, 15) is 58.9 Å². The van der Waals surface area contributed by atoms with Crippen molar-refractivity contribution in [3.8, 4) is 0 Å². The van der Waals surface area contributed by atoms with Crippen LogP contribution in [0.4, 0.5) is 0 Å². The van der Waals surface area contributed by atoms with Gasteiger partial charge in [0.1, 0.15) is 73.1 Å². The molecule has 0 saturated carbocycles. The van der Waals surface area contributed by atoms with Crippen molar-refractivity contribution in [1.82, 2.24) is 10.6 Å². The predicted molar refractivity (Wildman–Crippen MR) is 135 cm³/mol. The zero-order chi connectivity index (χ0) is 33.1. The zero-order valence-corrected chi connectivity index (χ0v) is 24.1. The lowest BCUT2D eigenvalue weighted by molar-refractivity contribution is -0.365. The van der Waals surface area contributed by atoms with Crippen LogP contribution < -0.4 is 10.6 Å². The highest BCUT2D eigenvalue weighted by Crippen LogP contribution is 2.32. The molecule has 3 heterocycles. The second-order valence-electron chi connectivity index (χ2n) is 10.3. The van der Waals surface area contributed by atoms with Gasteiger partial charge in [0.2, 0.25) is 11.8 Å². The molecule has 3 aliphatic rings. The molecule has 2 amide bonds. The first-order valence-corrected chi connectivity index (χ1v) is 14.6. The monoisotopic (exact) mass is 666 g/mol. The Labute approximate surface area is 250 Å². The van der Waals surface area contributed by atoms with E-state index in [1.807, 2.05) is 0 Å². The molecule has 11 N–H and O–H groups in total. The molecular weight excluding hydrogens is 628 g/mol. The summed E-state index contributed by atoms with van der Waals surface area (Å²) >= 11 is 0. The van der Waals surface area contributed by atoms with Gasteiger partial charge in [-0.2, -0.15) is 8.42 Å². The molecule has 0 radical (unpaired) electrons. The number of carbonyl (C=O) groups excluding carboxylic acids is 2. The first-order chi connectivity index (χ1) is 20.5. The molecule has 0 aromatic heterocycles. The van der Waals surface area contributed by atoms with Gasteiger partial charge in [-0.15, -0.1) is 0 Å². The Balaban J connectivity index is 1.90. The lowest BCUT2D eigenvalue weighted by Crippen LogP contribution is -2.69. The van der Waals surface area contributed by atoms with Gasteiger partial charge in [0.15, 0.2) is 18.9 Å². The highest BCUT2D eigenvalue weighted by molar-refractivity contribution is 7.80. The van der Waals surface area contributed by atoms with E-state index in [4.69, 9.17) is 28.2 Å².